The average Bonchev–Trinajstić information content (AvgIpc) is 3.26. The summed E-state index contributed by atoms with van der Waals surface area (Å²) in [5.41, 5.74) is 0. The third kappa shape index (κ3) is 4.79. The minimum Gasteiger partial charge on any atom is -0.168 e. The molecule has 0 atom stereocenters. The zero-order valence-corrected chi connectivity index (χ0v) is 22.1. The summed E-state index contributed by atoms with van der Waals surface area (Å²) in [6.07, 6.45) is 0. The Labute approximate surface area is 208 Å². The van der Waals surface area contributed by atoms with Gasteiger partial charge in [-0.3, -0.25) is 0 Å². The Morgan fingerprint density at radius 2 is 0.875 bits per heavy atom. The fourth-order valence-corrected chi connectivity index (χ4v) is 9.48. The van der Waals surface area contributed by atoms with Crippen molar-refractivity contribution in [3.05, 3.63) is 127 Å². The largest absolute Gasteiger partial charge is 0.168 e. The summed E-state index contributed by atoms with van der Waals surface area (Å²) in [4.78, 5) is 0. The zero-order chi connectivity index (χ0) is 22.4. The summed E-state index contributed by atoms with van der Waals surface area (Å²) in [6.45, 7) is 0. The van der Waals surface area contributed by atoms with Crippen molar-refractivity contribution in [1.29, 1.82) is 0 Å². The molecule has 0 unspecified atom stereocenters. The van der Waals surface area contributed by atoms with E-state index in [1.54, 1.807) is 0 Å². The van der Waals surface area contributed by atoms with Crippen molar-refractivity contribution in [2.75, 3.05) is 0 Å². The molecule has 158 valence electrons. The van der Waals surface area contributed by atoms with Crippen LogP contribution in [-0.4, -0.2) is 8.07 Å². The topological polar surface area (TPSA) is 0 Å². The van der Waals surface area contributed by atoms with Gasteiger partial charge in [0.05, 0.1) is 0 Å². The Morgan fingerprint density at radius 3 is 1.31 bits per heavy atom. The molecule has 0 bridgehead atoms. The van der Waals surface area contributed by atoms with Crippen LogP contribution in [-0.2, 0) is 14.7 Å². The minimum absolute atomic E-state index is 1.32. The molecule has 5 heteroatoms. The van der Waals surface area contributed by atoms with Gasteiger partial charge in [0.15, 0.2) is 0 Å². The van der Waals surface area contributed by atoms with Crippen molar-refractivity contribution in [3.8, 4) is 0 Å². The van der Waals surface area contributed by atoms with Gasteiger partial charge in [0, 0.05) is 0 Å². The maximum atomic E-state index is 4.97. The van der Waals surface area contributed by atoms with E-state index in [1.165, 1.54) is 31.5 Å². The molecule has 0 heterocycles. The van der Waals surface area contributed by atoms with Crippen molar-refractivity contribution >= 4 is 67.5 Å². The summed E-state index contributed by atoms with van der Waals surface area (Å²) >= 11 is -1.92. The van der Waals surface area contributed by atoms with Gasteiger partial charge in [-0.15, -0.1) is 34.2 Å². The van der Waals surface area contributed by atoms with Crippen LogP contribution in [0.1, 0.15) is 0 Å². The van der Waals surface area contributed by atoms with Gasteiger partial charge >= 0.3 is 42.6 Å². The first-order valence-electron chi connectivity index (χ1n) is 10.3. The number of halogens is 3. The van der Waals surface area contributed by atoms with Crippen molar-refractivity contribution in [3.63, 3.8) is 0 Å². The first kappa shape index (κ1) is 23.4. The summed E-state index contributed by atoms with van der Waals surface area (Å²) in [5, 5.41) is 8.41. The normalized spacial score (nSPS) is 11.0. The molecule has 5 aromatic rings. The smallest absolute Gasteiger partial charge is 0.134 e. The molecular weight excluding hydrogens is 507 g/mol. The van der Waals surface area contributed by atoms with Crippen molar-refractivity contribution < 1.29 is 14.7 Å². The van der Waals surface area contributed by atoms with Crippen molar-refractivity contribution in [2.45, 2.75) is 0 Å². The van der Waals surface area contributed by atoms with E-state index in [2.05, 4.69) is 127 Å². The van der Waals surface area contributed by atoms with E-state index in [9.17, 15) is 0 Å². The van der Waals surface area contributed by atoms with Crippen molar-refractivity contribution in [2.24, 2.45) is 0 Å². The molecule has 0 radical (unpaired) electrons. The van der Waals surface area contributed by atoms with Crippen LogP contribution in [0.4, 0.5) is 0 Å². The molecule has 0 saturated heterocycles. The Kier molecular flexibility index (Phi) is 8.02. The molecule has 0 nitrogen and oxygen atoms in total. The van der Waals surface area contributed by atoms with Gasteiger partial charge in [0.1, 0.15) is 8.07 Å². The Bertz CT molecular complexity index is 1160. The standard InChI is InChI=1S/C27H21Si.3ClH.Ti/c1-4-13-23(14-5-1)28(24-15-6-2-7-16-24,25-17-8-3-9-18-25)27-21-20-22-12-10-11-19-26(22)27;;;;/h1-21H;3*1H;/q-1;;;;+4/p-3. The Morgan fingerprint density at radius 1 is 0.500 bits per heavy atom. The monoisotopic (exact) mass is 526 g/mol. The van der Waals surface area contributed by atoms with Crippen LogP contribution < -0.4 is 20.7 Å². The van der Waals surface area contributed by atoms with Crippen LogP contribution >= 0.6 is 27.9 Å². The molecule has 0 aliphatic heterocycles. The fourth-order valence-electron chi connectivity index (χ4n) is 4.51. The second-order valence-corrected chi connectivity index (χ2v) is 18.9. The minimum atomic E-state index is -2.41. The second kappa shape index (κ2) is 10.9. The second-order valence-electron chi connectivity index (χ2n) is 7.40. The van der Waals surface area contributed by atoms with Crippen LogP contribution in [0.2, 0.25) is 0 Å². The molecule has 5 rings (SSSR count). The summed E-state index contributed by atoms with van der Waals surface area (Å²) in [6, 6.07) is 46.7. The molecule has 0 aromatic heterocycles. The van der Waals surface area contributed by atoms with E-state index in [0.29, 0.717) is 0 Å². The van der Waals surface area contributed by atoms with Gasteiger partial charge in [-0.1, -0.05) is 113 Å². The summed E-state index contributed by atoms with van der Waals surface area (Å²) in [5.74, 6) is 0. The predicted octanol–water partition coefficient (Wildman–Crippen LogP) is 6.00. The van der Waals surface area contributed by atoms with E-state index in [1.807, 2.05) is 0 Å². The molecule has 0 saturated carbocycles. The van der Waals surface area contributed by atoms with Gasteiger partial charge < -0.3 is 0 Å². The first-order chi connectivity index (χ1) is 15.6. The summed E-state index contributed by atoms with van der Waals surface area (Å²) < 4.78 is 0. The van der Waals surface area contributed by atoms with Gasteiger partial charge in [-0.2, -0.15) is 12.1 Å². The van der Waals surface area contributed by atoms with E-state index >= 15 is 0 Å². The molecule has 0 aliphatic carbocycles. The van der Waals surface area contributed by atoms with Gasteiger partial charge in [-0.25, -0.2) is 0 Å². The summed E-state index contributed by atoms with van der Waals surface area (Å²) in [7, 11) is 12.5. The number of benzene rings is 4. The number of fused-ring (bicyclic) bond motifs is 1. The third-order valence-electron chi connectivity index (χ3n) is 5.70. The van der Waals surface area contributed by atoms with E-state index in [4.69, 9.17) is 27.9 Å². The van der Waals surface area contributed by atoms with E-state index in [-0.39, 0.29) is 0 Å². The van der Waals surface area contributed by atoms with Crippen LogP contribution in [0.25, 0.3) is 10.8 Å². The molecule has 0 aliphatic rings. The number of rotatable bonds is 4. The van der Waals surface area contributed by atoms with Crippen LogP contribution in [0.5, 0.6) is 0 Å². The molecular formula is C27H21Cl3SiTi. The Hall–Kier alpha value is -1.71. The Balaban J connectivity index is 0.000000567. The van der Waals surface area contributed by atoms with Crippen LogP contribution in [0.15, 0.2) is 127 Å². The van der Waals surface area contributed by atoms with E-state index in [0.717, 1.165) is 0 Å². The average molecular weight is 528 g/mol. The van der Waals surface area contributed by atoms with Gasteiger partial charge in [0.2, 0.25) is 0 Å². The third-order valence-corrected chi connectivity index (χ3v) is 10.5. The van der Waals surface area contributed by atoms with Gasteiger partial charge in [0.25, 0.3) is 0 Å². The quantitative estimate of drug-likeness (QED) is 0.153. The van der Waals surface area contributed by atoms with Gasteiger partial charge in [-0.05, 0) is 0 Å². The van der Waals surface area contributed by atoms with Crippen LogP contribution in [0, 0.1) is 0 Å². The molecule has 0 fully saturated rings. The maximum absolute atomic E-state index is 4.97. The SMILES string of the molecule is [Cl][Ti+]([Cl])[Cl].c1ccc([Si](c2ccccc2)(c2ccccc2)[c-]2ccc3ccccc32)cc1. The van der Waals surface area contributed by atoms with Crippen LogP contribution in [0.3, 0.4) is 0 Å². The molecule has 0 spiro atoms. The molecule has 0 N–H and O–H groups in total. The number of hydrogen-bond acceptors (Lipinski definition) is 0. The van der Waals surface area contributed by atoms with Crippen molar-refractivity contribution in [1.82, 2.24) is 0 Å². The molecule has 5 aromatic carbocycles. The molecule has 32 heavy (non-hydrogen) atoms. The van der Waals surface area contributed by atoms with E-state index < -0.39 is 22.8 Å². The fraction of sp³-hybridized carbons (Fsp3) is 0. The number of hydrogen-bond donors (Lipinski definition) is 0. The molecule has 0 amide bonds. The zero-order valence-electron chi connectivity index (χ0n) is 17.3. The first-order valence-corrected chi connectivity index (χ1v) is 18.7. The predicted molar refractivity (Wildman–Crippen MR) is 141 cm³/mol. The maximum Gasteiger partial charge on any atom is 0.134 e.